The molecule has 110 valence electrons. The number of carbonyl (C=O) groups excluding carboxylic acids is 1. The molecule has 6 heteroatoms. The molecule has 1 aromatic carbocycles. The monoisotopic (exact) mass is 304 g/mol. The Hall–Kier alpha value is -2.34. The van der Waals surface area contributed by atoms with Gasteiger partial charge in [0.2, 0.25) is 5.91 Å². The van der Waals surface area contributed by atoms with Crippen LogP contribution in [-0.4, -0.2) is 25.1 Å². The van der Waals surface area contributed by atoms with Gasteiger partial charge in [0.15, 0.2) is 5.13 Å². The summed E-state index contributed by atoms with van der Waals surface area (Å²) in [6.45, 7) is 1.94. The van der Waals surface area contributed by atoms with E-state index in [1.165, 1.54) is 17.4 Å². The van der Waals surface area contributed by atoms with E-state index in [1.807, 2.05) is 19.1 Å². The molecule has 0 aliphatic rings. The molecule has 21 heavy (non-hydrogen) atoms. The number of ether oxygens (including phenoxy) is 2. The van der Waals surface area contributed by atoms with Crippen LogP contribution in [0.15, 0.2) is 30.5 Å². The van der Waals surface area contributed by atoms with E-state index in [0.717, 1.165) is 10.4 Å². The van der Waals surface area contributed by atoms with E-state index in [4.69, 9.17) is 9.47 Å². The number of anilines is 1. The van der Waals surface area contributed by atoms with Gasteiger partial charge in [0.1, 0.15) is 11.5 Å². The molecule has 0 radical (unpaired) electrons. The number of amides is 1. The van der Waals surface area contributed by atoms with Crippen LogP contribution in [-0.2, 0) is 4.79 Å². The van der Waals surface area contributed by atoms with Crippen molar-refractivity contribution in [2.45, 2.75) is 6.92 Å². The zero-order chi connectivity index (χ0) is 15.2. The van der Waals surface area contributed by atoms with Crippen molar-refractivity contribution < 1.29 is 14.3 Å². The van der Waals surface area contributed by atoms with Crippen LogP contribution in [0.25, 0.3) is 6.08 Å². The van der Waals surface area contributed by atoms with E-state index in [1.54, 1.807) is 32.6 Å². The molecule has 2 rings (SSSR count). The molecule has 0 unspecified atom stereocenters. The Morgan fingerprint density at radius 1 is 1.24 bits per heavy atom. The van der Waals surface area contributed by atoms with Crippen molar-refractivity contribution in [1.82, 2.24) is 4.98 Å². The Morgan fingerprint density at radius 2 is 1.90 bits per heavy atom. The SMILES string of the molecule is COc1cc(/C=C/C(=O)Nc2ncc(C)s2)cc(OC)c1. The van der Waals surface area contributed by atoms with Crippen LogP contribution in [0, 0.1) is 6.92 Å². The van der Waals surface area contributed by atoms with Crippen LogP contribution in [0.3, 0.4) is 0 Å². The first-order valence-corrected chi connectivity index (χ1v) is 7.07. The van der Waals surface area contributed by atoms with Gasteiger partial charge in [-0.3, -0.25) is 10.1 Å². The predicted molar refractivity (Wildman–Crippen MR) is 84.1 cm³/mol. The molecule has 2 aromatic rings. The smallest absolute Gasteiger partial charge is 0.250 e. The standard InChI is InChI=1S/C15H16N2O3S/c1-10-9-16-15(21-10)17-14(18)5-4-11-6-12(19-2)8-13(7-11)20-3/h4-9H,1-3H3,(H,16,17,18)/b5-4+. The first-order chi connectivity index (χ1) is 10.1. The van der Waals surface area contributed by atoms with Crippen molar-refractivity contribution in [3.8, 4) is 11.5 Å². The summed E-state index contributed by atoms with van der Waals surface area (Å²) in [5, 5.41) is 3.30. The van der Waals surface area contributed by atoms with Gasteiger partial charge in [-0.15, -0.1) is 11.3 Å². The van der Waals surface area contributed by atoms with E-state index < -0.39 is 0 Å². The van der Waals surface area contributed by atoms with Gasteiger partial charge in [0, 0.05) is 23.2 Å². The average Bonchev–Trinajstić information content (AvgIpc) is 2.89. The molecule has 0 saturated heterocycles. The molecule has 0 aliphatic carbocycles. The number of nitrogens with zero attached hydrogens (tertiary/aromatic N) is 1. The maximum atomic E-state index is 11.8. The van der Waals surface area contributed by atoms with Crippen LogP contribution >= 0.6 is 11.3 Å². The number of hydrogen-bond acceptors (Lipinski definition) is 5. The van der Waals surface area contributed by atoms with Gasteiger partial charge in [0.25, 0.3) is 0 Å². The Kier molecular flexibility index (Phi) is 4.94. The summed E-state index contributed by atoms with van der Waals surface area (Å²) in [6.07, 6.45) is 4.86. The van der Waals surface area contributed by atoms with Crippen molar-refractivity contribution in [1.29, 1.82) is 0 Å². The highest BCUT2D eigenvalue weighted by atomic mass is 32.1. The lowest BCUT2D eigenvalue weighted by molar-refractivity contribution is -0.111. The molecule has 1 amide bonds. The van der Waals surface area contributed by atoms with E-state index in [0.29, 0.717) is 16.6 Å². The largest absolute Gasteiger partial charge is 0.497 e. The molecule has 1 aromatic heterocycles. The number of nitrogens with one attached hydrogen (secondary N) is 1. The lowest BCUT2D eigenvalue weighted by Gasteiger charge is -2.05. The highest BCUT2D eigenvalue weighted by Gasteiger charge is 2.03. The van der Waals surface area contributed by atoms with Crippen LogP contribution in [0.5, 0.6) is 11.5 Å². The zero-order valence-electron chi connectivity index (χ0n) is 12.0. The summed E-state index contributed by atoms with van der Waals surface area (Å²) in [4.78, 5) is 16.9. The van der Waals surface area contributed by atoms with Gasteiger partial charge in [0.05, 0.1) is 14.2 Å². The van der Waals surface area contributed by atoms with E-state index >= 15 is 0 Å². The Labute approximate surface area is 127 Å². The lowest BCUT2D eigenvalue weighted by atomic mass is 10.2. The number of rotatable bonds is 5. The van der Waals surface area contributed by atoms with Crippen LogP contribution in [0.1, 0.15) is 10.4 Å². The molecule has 5 nitrogen and oxygen atoms in total. The highest BCUT2D eigenvalue weighted by Crippen LogP contribution is 2.23. The maximum Gasteiger partial charge on any atom is 0.250 e. The van der Waals surface area contributed by atoms with Crippen LogP contribution in [0.4, 0.5) is 5.13 Å². The molecule has 0 saturated carbocycles. The quantitative estimate of drug-likeness (QED) is 0.862. The number of hydrogen-bond donors (Lipinski definition) is 1. The number of thiazole rings is 1. The summed E-state index contributed by atoms with van der Waals surface area (Å²) >= 11 is 1.43. The predicted octanol–water partition coefficient (Wildman–Crippen LogP) is 3.12. The van der Waals surface area contributed by atoms with E-state index in [2.05, 4.69) is 10.3 Å². The second-order valence-corrected chi connectivity index (χ2v) is 5.48. The van der Waals surface area contributed by atoms with Gasteiger partial charge in [-0.1, -0.05) is 0 Å². The fraction of sp³-hybridized carbons (Fsp3) is 0.200. The van der Waals surface area contributed by atoms with E-state index in [9.17, 15) is 4.79 Å². The second-order valence-electron chi connectivity index (χ2n) is 4.24. The summed E-state index contributed by atoms with van der Waals surface area (Å²) in [5.74, 6) is 1.11. The van der Waals surface area contributed by atoms with Crippen LogP contribution < -0.4 is 14.8 Å². The molecular formula is C15H16N2O3S. The normalized spacial score (nSPS) is 10.6. The van der Waals surface area contributed by atoms with Gasteiger partial charge < -0.3 is 9.47 Å². The van der Waals surface area contributed by atoms with Crippen molar-refractivity contribution >= 4 is 28.5 Å². The molecule has 1 heterocycles. The maximum absolute atomic E-state index is 11.8. The number of methoxy groups -OCH3 is 2. The zero-order valence-corrected chi connectivity index (χ0v) is 12.9. The van der Waals surface area contributed by atoms with Crippen molar-refractivity contribution in [3.63, 3.8) is 0 Å². The molecule has 0 aliphatic heterocycles. The Balaban J connectivity index is 2.07. The molecule has 0 atom stereocenters. The van der Waals surface area contributed by atoms with Crippen molar-refractivity contribution in [2.24, 2.45) is 0 Å². The van der Waals surface area contributed by atoms with Crippen LogP contribution in [0.2, 0.25) is 0 Å². The lowest BCUT2D eigenvalue weighted by Crippen LogP contribution is -2.07. The topological polar surface area (TPSA) is 60.5 Å². The summed E-state index contributed by atoms with van der Waals surface area (Å²) in [6, 6.07) is 5.41. The summed E-state index contributed by atoms with van der Waals surface area (Å²) in [5.41, 5.74) is 0.816. The third kappa shape index (κ3) is 4.32. The van der Waals surface area contributed by atoms with Crippen molar-refractivity contribution in [2.75, 3.05) is 19.5 Å². The van der Waals surface area contributed by atoms with Crippen molar-refractivity contribution in [3.05, 3.63) is 40.9 Å². The second kappa shape index (κ2) is 6.90. The first-order valence-electron chi connectivity index (χ1n) is 6.25. The minimum atomic E-state index is -0.230. The molecule has 0 spiro atoms. The van der Waals surface area contributed by atoms with Gasteiger partial charge >= 0.3 is 0 Å². The minimum Gasteiger partial charge on any atom is -0.497 e. The average molecular weight is 304 g/mol. The number of benzene rings is 1. The Bertz CT molecular complexity index is 642. The van der Waals surface area contributed by atoms with Gasteiger partial charge in [-0.25, -0.2) is 4.98 Å². The third-order valence-corrected chi connectivity index (χ3v) is 3.48. The summed E-state index contributed by atoms with van der Waals surface area (Å²) in [7, 11) is 3.17. The number of aromatic nitrogens is 1. The third-order valence-electron chi connectivity index (χ3n) is 2.65. The fourth-order valence-corrected chi connectivity index (χ4v) is 2.32. The number of carbonyl (C=O) groups is 1. The molecular weight excluding hydrogens is 288 g/mol. The molecule has 1 N–H and O–H groups in total. The fourth-order valence-electron chi connectivity index (χ4n) is 1.66. The minimum absolute atomic E-state index is 0.230. The molecule has 0 fully saturated rings. The van der Waals surface area contributed by atoms with Gasteiger partial charge in [-0.2, -0.15) is 0 Å². The highest BCUT2D eigenvalue weighted by molar-refractivity contribution is 7.15. The van der Waals surface area contributed by atoms with Gasteiger partial charge in [-0.05, 0) is 30.7 Å². The summed E-state index contributed by atoms with van der Waals surface area (Å²) < 4.78 is 10.4. The van der Waals surface area contributed by atoms with E-state index in [-0.39, 0.29) is 5.91 Å². The Morgan fingerprint density at radius 3 is 2.43 bits per heavy atom. The molecule has 0 bridgehead atoms. The number of aryl methyl sites for hydroxylation is 1. The first kappa shape index (κ1) is 15.1.